The molecule has 3 aromatic carbocycles. The van der Waals surface area contributed by atoms with Crippen LogP contribution in [-0.4, -0.2) is 16.9 Å². The predicted molar refractivity (Wildman–Crippen MR) is 126 cm³/mol. The SMILES string of the molecule is CCCC(=O)Nc1cccc(NC(=S)NC(=O)c2ccc(-c3ccccc3)cc2)c1. The Bertz CT molecular complexity index is 1030. The number of benzene rings is 3. The summed E-state index contributed by atoms with van der Waals surface area (Å²) in [5.74, 6) is -0.330. The van der Waals surface area contributed by atoms with Crippen molar-refractivity contribution in [3.05, 3.63) is 84.4 Å². The maximum Gasteiger partial charge on any atom is 0.257 e. The van der Waals surface area contributed by atoms with Gasteiger partial charge in [0.2, 0.25) is 5.91 Å². The van der Waals surface area contributed by atoms with Crippen molar-refractivity contribution in [1.29, 1.82) is 0 Å². The van der Waals surface area contributed by atoms with E-state index in [2.05, 4.69) is 16.0 Å². The first-order chi connectivity index (χ1) is 14.5. The summed E-state index contributed by atoms with van der Waals surface area (Å²) in [4.78, 5) is 24.2. The number of anilines is 2. The van der Waals surface area contributed by atoms with Crippen molar-refractivity contribution in [1.82, 2.24) is 5.32 Å². The van der Waals surface area contributed by atoms with E-state index in [0.717, 1.165) is 17.5 Å². The lowest BCUT2D eigenvalue weighted by Crippen LogP contribution is -2.34. The third-order valence-corrected chi connectivity index (χ3v) is 4.57. The van der Waals surface area contributed by atoms with Gasteiger partial charge in [-0.2, -0.15) is 0 Å². The monoisotopic (exact) mass is 417 g/mol. The molecule has 0 saturated heterocycles. The highest BCUT2D eigenvalue weighted by Gasteiger charge is 2.09. The number of rotatable bonds is 6. The van der Waals surface area contributed by atoms with Crippen LogP contribution < -0.4 is 16.0 Å². The molecule has 0 fully saturated rings. The smallest absolute Gasteiger partial charge is 0.257 e. The summed E-state index contributed by atoms with van der Waals surface area (Å²) in [6.45, 7) is 1.95. The fourth-order valence-corrected chi connectivity index (χ4v) is 3.12. The van der Waals surface area contributed by atoms with Crippen LogP contribution in [-0.2, 0) is 4.79 Å². The average Bonchev–Trinajstić information content (AvgIpc) is 2.75. The summed E-state index contributed by atoms with van der Waals surface area (Å²) < 4.78 is 0. The first-order valence-corrected chi connectivity index (χ1v) is 10.1. The summed E-state index contributed by atoms with van der Waals surface area (Å²) in [5.41, 5.74) is 3.99. The molecule has 152 valence electrons. The zero-order valence-corrected chi connectivity index (χ0v) is 17.5. The molecule has 3 aromatic rings. The molecule has 0 aliphatic rings. The number of hydrogen-bond donors (Lipinski definition) is 3. The van der Waals surface area contributed by atoms with Crippen molar-refractivity contribution >= 4 is 40.5 Å². The molecular formula is C24H23N3O2S. The molecule has 3 N–H and O–H groups in total. The lowest BCUT2D eigenvalue weighted by atomic mass is 10.0. The summed E-state index contributed by atoms with van der Waals surface area (Å²) in [6.07, 6.45) is 1.25. The Hall–Kier alpha value is -3.51. The van der Waals surface area contributed by atoms with Gasteiger partial charge in [0.25, 0.3) is 5.91 Å². The van der Waals surface area contributed by atoms with Gasteiger partial charge in [-0.1, -0.05) is 55.5 Å². The van der Waals surface area contributed by atoms with Crippen molar-refractivity contribution < 1.29 is 9.59 Å². The Morgan fingerprint density at radius 1 is 0.800 bits per heavy atom. The minimum Gasteiger partial charge on any atom is -0.332 e. The Balaban J connectivity index is 1.58. The van der Waals surface area contributed by atoms with Crippen LogP contribution in [0.5, 0.6) is 0 Å². The third kappa shape index (κ3) is 5.99. The van der Waals surface area contributed by atoms with E-state index in [9.17, 15) is 9.59 Å². The fraction of sp³-hybridized carbons (Fsp3) is 0.125. The molecule has 5 nitrogen and oxygen atoms in total. The van der Waals surface area contributed by atoms with Gasteiger partial charge in [0, 0.05) is 23.4 Å². The maximum atomic E-state index is 12.5. The van der Waals surface area contributed by atoms with Gasteiger partial charge in [0.1, 0.15) is 0 Å². The molecule has 0 aliphatic carbocycles. The third-order valence-electron chi connectivity index (χ3n) is 4.36. The molecular weight excluding hydrogens is 394 g/mol. The molecule has 0 aliphatic heterocycles. The van der Waals surface area contributed by atoms with E-state index in [1.54, 1.807) is 30.3 Å². The van der Waals surface area contributed by atoms with Crippen molar-refractivity contribution in [2.75, 3.05) is 10.6 Å². The van der Waals surface area contributed by atoms with Gasteiger partial charge in [0.15, 0.2) is 5.11 Å². The number of carbonyl (C=O) groups excluding carboxylic acids is 2. The molecule has 0 bridgehead atoms. The van der Waals surface area contributed by atoms with E-state index in [1.165, 1.54) is 0 Å². The average molecular weight is 418 g/mol. The molecule has 0 heterocycles. The number of hydrogen-bond acceptors (Lipinski definition) is 3. The predicted octanol–water partition coefficient (Wildman–Crippen LogP) is 5.22. The highest BCUT2D eigenvalue weighted by molar-refractivity contribution is 7.80. The van der Waals surface area contributed by atoms with E-state index >= 15 is 0 Å². The van der Waals surface area contributed by atoms with Gasteiger partial charge >= 0.3 is 0 Å². The summed E-state index contributed by atoms with van der Waals surface area (Å²) >= 11 is 5.26. The van der Waals surface area contributed by atoms with Crippen LogP contribution in [0.2, 0.25) is 0 Å². The lowest BCUT2D eigenvalue weighted by molar-refractivity contribution is -0.116. The van der Waals surface area contributed by atoms with Crippen LogP contribution in [0.25, 0.3) is 11.1 Å². The second-order valence-electron chi connectivity index (χ2n) is 6.73. The quantitative estimate of drug-likeness (QED) is 0.481. The molecule has 0 unspecified atom stereocenters. The van der Waals surface area contributed by atoms with Crippen LogP contribution >= 0.6 is 12.2 Å². The highest BCUT2D eigenvalue weighted by atomic mass is 32.1. The van der Waals surface area contributed by atoms with Gasteiger partial charge in [0.05, 0.1) is 0 Å². The zero-order valence-electron chi connectivity index (χ0n) is 16.6. The molecule has 3 rings (SSSR count). The summed E-state index contributed by atoms with van der Waals surface area (Å²) in [5, 5.41) is 8.67. The van der Waals surface area contributed by atoms with Crippen molar-refractivity contribution in [3.8, 4) is 11.1 Å². The Morgan fingerprint density at radius 3 is 2.10 bits per heavy atom. The van der Waals surface area contributed by atoms with E-state index in [1.807, 2.05) is 55.5 Å². The van der Waals surface area contributed by atoms with Crippen LogP contribution in [0.15, 0.2) is 78.9 Å². The number of nitrogens with one attached hydrogen (secondary N) is 3. The summed E-state index contributed by atoms with van der Waals surface area (Å²) in [6, 6.07) is 24.5. The highest BCUT2D eigenvalue weighted by Crippen LogP contribution is 2.19. The fourth-order valence-electron chi connectivity index (χ4n) is 2.91. The van der Waals surface area contributed by atoms with Gasteiger partial charge in [-0.15, -0.1) is 0 Å². The van der Waals surface area contributed by atoms with Crippen molar-refractivity contribution in [2.24, 2.45) is 0 Å². The molecule has 0 spiro atoms. The maximum absolute atomic E-state index is 12.5. The van der Waals surface area contributed by atoms with E-state index in [0.29, 0.717) is 23.4 Å². The number of thiocarbonyl (C=S) groups is 1. The molecule has 0 radical (unpaired) electrons. The minimum atomic E-state index is -0.292. The van der Waals surface area contributed by atoms with E-state index in [4.69, 9.17) is 12.2 Å². The Morgan fingerprint density at radius 2 is 1.43 bits per heavy atom. The van der Waals surface area contributed by atoms with Crippen LogP contribution in [0, 0.1) is 0 Å². The van der Waals surface area contributed by atoms with Gasteiger partial charge in [-0.05, 0) is 60.1 Å². The normalized spacial score (nSPS) is 10.2. The van der Waals surface area contributed by atoms with E-state index in [-0.39, 0.29) is 16.9 Å². The topological polar surface area (TPSA) is 70.2 Å². The van der Waals surface area contributed by atoms with E-state index < -0.39 is 0 Å². The standard InChI is InChI=1S/C24H23N3O2S/c1-2-7-22(28)25-20-10-6-11-21(16-20)26-24(30)27-23(29)19-14-12-18(13-15-19)17-8-4-3-5-9-17/h3-6,8-16H,2,7H2,1H3,(H,25,28)(H2,26,27,29,30). The number of amides is 2. The molecule has 30 heavy (non-hydrogen) atoms. The second kappa shape index (κ2) is 10.3. The first-order valence-electron chi connectivity index (χ1n) is 9.73. The molecule has 6 heteroatoms. The van der Waals surface area contributed by atoms with Crippen molar-refractivity contribution in [3.63, 3.8) is 0 Å². The molecule has 0 saturated carbocycles. The van der Waals surface area contributed by atoms with Gasteiger partial charge in [-0.3, -0.25) is 14.9 Å². The lowest BCUT2D eigenvalue weighted by Gasteiger charge is -2.11. The van der Waals surface area contributed by atoms with Crippen LogP contribution in [0.1, 0.15) is 30.1 Å². The Labute approximate surface area is 181 Å². The largest absolute Gasteiger partial charge is 0.332 e. The molecule has 0 atom stereocenters. The zero-order chi connectivity index (χ0) is 21.3. The van der Waals surface area contributed by atoms with Gasteiger partial charge < -0.3 is 10.6 Å². The molecule has 2 amide bonds. The Kier molecular flexibility index (Phi) is 7.29. The summed E-state index contributed by atoms with van der Waals surface area (Å²) in [7, 11) is 0. The van der Waals surface area contributed by atoms with Crippen LogP contribution in [0.4, 0.5) is 11.4 Å². The van der Waals surface area contributed by atoms with Crippen molar-refractivity contribution in [2.45, 2.75) is 19.8 Å². The van der Waals surface area contributed by atoms with Gasteiger partial charge in [-0.25, -0.2) is 0 Å². The minimum absolute atomic E-state index is 0.0375. The first kappa shape index (κ1) is 21.2. The molecule has 0 aromatic heterocycles. The van der Waals surface area contributed by atoms with Crippen LogP contribution in [0.3, 0.4) is 0 Å². The second-order valence-corrected chi connectivity index (χ2v) is 7.14. The number of carbonyl (C=O) groups is 2.